The minimum Gasteiger partial charge on any atom is -0.494 e. The van der Waals surface area contributed by atoms with Crippen LogP contribution in [0.2, 0.25) is 0 Å². The molecular formula is C42H50N2O6. The van der Waals surface area contributed by atoms with E-state index in [2.05, 4.69) is 50.1 Å². The second-order valence-electron chi connectivity index (χ2n) is 14.4. The Morgan fingerprint density at radius 2 is 1.28 bits per heavy atom. The number of hydrogen-bond donors (Lipinski definition) is 0. The van der Waals surface area contributed by atoms with Crippen LogP contribution in [0.15, 0.2) is 101 Å². The maximum absolute atomic E-state index is 12.9. The van der Waals surface area contributed by atoms with Gasteiger partial charge in [-0.15, -0.1) is 0 Å². The number of carbonyl (C=O) groups is 2. The van der Waals surface area contributed by atoms with Gasteiger partial charge >= 0.3 is 11.9 Å². The fraction of sp³-hybridized carbons (Fsp3) is 0.381. The molecule has 0 unspecified atom stereocenters. The van der Waals surface area contributed by atoms with Crippen LogP contribution in [0.4, 0.5) is 11.4 Å². The van der Waals surface area contributed by atoms with Gasteiger partial charge in [0.25, 0.3) is 0 Å². The highest BCUT2D eigenvalue weighted by molar-refractivity contribution is 5.91. The molecule has 0 aliphatic rings. The number of aryl methyl sites for hydroxylation is 2. The van der Waals surface area contributed by atoms with Crippen molar-refractivity contribution in [2.75, 3.05) is 13.2 Å². The summed E-state index contributed by atoms with van der Waals surface area (Å²) in [5.74, 6) is 1.78. The molecule has 0 atom stereocenters. The molecule has 0 aliphatic carbocycles. The summed E-state index contributed by atoms with van der Waals surface area (Å²) in [6.45, 7) is 15.2. The molecule has 0 N–H and O–H groups in total. The highest BCUT2D eigenvalue weighted by atomic mass is 16.5. The van der Waals surface area contributed by atoms with Gasteiger partial charge in [-0.3, -0.25) is 4.79 Å². The predicted molar refractivity (Wildman–Crippen MR) is 197 cm³/mol. The number of benzene rings is 4. The second-order valence-corrected chi connectivity index (χ2v) is 14.4. The standard InChI is InChI=1S/C42H50N2O6/c1-8-11-31-12-16-33(17-13-31)43-44-34-18-25-38(30(2)28-34)50-39(45)32-14-19-36(20-15-32)49-37-23-21-35(22-24-37)47-26-9-10-27-48-40(46)42(6,7)29-41(3,4)5/h12-25,28H,8-11,26-27,29H2,1-7H3. The zero-order chi connectivity index (χ0) is 36.1. The number of carbonyl (C=O) groups excluding carboxylic acids is 2. The normalized spacial score (nSPS) is 11.7. The largest absolute Gasteiger partial charge is 0.494 e. The van der Waals surface area contributed by atoms with Crippen LogP contribution in [-0.2, 0) is 16.0 Å². The lowest BCUT2D eigenvalue weighted by atomic mass is 9.76. The van der Waals surface area contributed by atoms with Crippen molar-refractivity contribution in [1.29, 1.82) is 0 Å². The van der Waals surface area contributed by atoms with E-state index in [9.17, 15) is 9.59 Å². The third-order valence-electron chi connectivity index (χ3n) is 7.83. The molecule has 4 aromatic carbocycles. The first-order valence-electron chi connectivity index (χ1n) is 17.3. The number of azo groups is 1. The van der Waals surface area contributed by atoms with Crippen molar-refractivity contribution in [2.24, 2.45) is 21.1 Å². The number of rotatable bonds is 16. The number of unbranched alkanes of at least 4 members (excludes halogenated alkanes) is 1. The monoisotopic (exact) mass is 678 g/mol. The average Bonchev–Trinajstić information content (AvgIpc) is 3.07. The number of esters is 2. The first-order valence-corrected chi connectivity index (χ1v) is 17.3. The molecule has 0 radical (unpaired) electrons. The minimum atomic E-state index is -0.504. The van der Waals surface area contributed by atoms with Crippen molar-refractivity contribution in [2.45, 2.75) is 80.6 Å². The summed E-state index contributed by atoms with van der Waals surface area (Å²) in [4.78, 5) is 25.3. The van der Waals surface area contributed by atoms with E-state index >= 15 is 0 Å². The van der Waals surface area contributed by atoms with Gasteiger partial charge < -0.3 is 18.9 Å². The molecule has 8 heteroatoms. The Hall–Kier alpha value is -4.98. The lowest BCUT2D eigenvalue weighted by Crippen LogP contribution is -2.31. The van der Waals surface area contributed by atoms with Crippen LogP contribution in [0, 0.1) is 17.8 Å². The number of ether oxygens (including phenoxy) is 4. The van der Waals surface area contributed by atoms with Gasteiger partial charge in [0.15, 0.2) is 0 Å². The second kappa shape index (κ2) is 17.6. The van der Waals surface area contributed by atoms with Crippen LogP contribution in [-0.4, -0.2) is 25.2 Å². The predicted octanol–water partition coefficient (Wildman–Crippen LogP) is 11.5. The SMILES string of the molecule is CCCc1ccc(N=Nc2ccc(OC(=O)c3ccc(Oc4ccc(OCCCCOC(=O)C(C)(C)CC(C)(C)C)cc4)cc3)c(C)c2)cc1. The lowest BCUT2D eigenvalue weighted by molar-refractivity contribution is -0.155. The summed E-state index contributed by atoms with van der Waals surface area (Å²) >= 11 is 0. The van der Waals surface area contributed by atoms with E-state index in [1.165, 1.54) is 5.56 Å². The van der Waals surface area contributed by atoms with Crippen LogP contribution in [0.5, 0.6) is 23.0 Å². The lowest BCUT2D eigenvalue weighted by Gasteiger charge is -2.30. The van der Waals surface area contributed by atoms with Crippen molar-refractivity contribution >= 4 is 23.3 Å². The Morgan fingerprint density at radius 1 is 0.700 bits per heavy atom. The molecule has 50 heavy (non-hydrogen) atoms. The minimum absolute atomic E-state index is 0.0589. The molecule has 0 heterocycles. The quantitative estimate of drug-likeness (QED) is 0.0506. The third kappa shape index (κ3) is 12.2. The summed E-state index contributed by atoms with van der Waals surface area (Å²) < 4.78 is 23.0. The number of nitrogens with zero attached hydrogens (tertiary/aromatic N) is 2. The van der Waals surface area contributed by atoms with E-state index < -0.39 is 11.4 Å². The molecule has 4 rings (SSSR count). The van der Waals surface area contributed by atoms with Gasteiger partial charge in [-0.25, -0.2) is 4.79 Å². The fourth-order valence-electron chi connectivity index (χ4n) is 5.65. The van der Waals surface area contributed by atoms with Gasteiger partial charge in [0.05, 0.1) is 35.6 Å². The molecule has 0 saturated heterocycles. The highest BCUT2D eigenvalue weighted by Gasteiger charge is 2.33. The van der Waals surface area contributed by atoms with Crippen LogP contribution in [0.1, 0.15) is 88.7 Å². The molecule has 264 valence electrons. The molecule has 0 saturated carbocycles. The van der Waals surface area contributed by atoms with E-state index in [0.717, 1.165) is 49.1 Å². The van der Waals surface area contributed by atoms with E-state index in [0.29, 0.717) is 41.7 Å². The fourth-order valence-corrected chi connectivity index (χ4v) is 5.65. The molecule has 8 nitrogen and oxygen atoms in total. The molecule has 0 spiro atoms. The van der Waals surface area contributed by atoms with Gasteiger partial charge in [0, 0.05) is 0 Å². The van der Waals surface area contributed by atoms with Crippen molar-refractivity contribution < 1.29 is 28.5 Å². The summed E-state index contributed by atoms with van der Waals surface area (Å²) in [7, 11) is 0. The van der Waals surface area contributed by atoms with Crippen molar-refractivity contribution in [3.63, 3.8) is 0 Å². The van der Waals surface area contributed by atoms with Crippen molar-refractivity contribution in [3.8, 4) is 23.0 Å². The van der Waals surface area contributed by atoms with Crippen LogP contribution in [0.3, 0.4) is 0 Å². The topological polar surface area (TPSA) is 95.8 Å². The van der Waals surface area contributed by atoms with Gasteiger partial charge in [-0.05, 0) is 142 Å². The van der Waals surface area contributed by atoms with Gasteiger partial charge in [-0.1, -0.05) is 46.2 Å². The molecular weight excluding hydrogens is 628 g/mol. The number of hydrogen-bond acceptors (Lipinski definition) is 8. The smallest absolute Gasteiger partial charge is 0.343 e. The Kier molecular flexibility index (Phi) is 13.3. The van der Waals surface area contributed by atoms with Crippen LogP contribution >= 0.6 is 0 Å². The van der Waals surface area contributed by atoms with Crippen LogP contribution in [0.25, 0.3) is 0 Å². The molecule has 0 amide bonds. The van der Waals surface area contributed by atoms with E-state index in [-0.39, 0.29) is 11.4 Å². The average molecular weight is 679 g/mol. The summed E-state index contributed by atoms with van der Waals surface area (Å²) in [5, 5.41) is 8.66. The first-order chi connectivity index (χ1) is 23.8. The third-order valence-corrected chi connectivity index (χ3v) is 7.83. The van der Waals surface area contributed by atoms with E-state index in [1.807, 2.05) is 63.2 Å². The maximum atomic E-state index is 12.9. The molecule has 0 bridgehead atoms. The summed E-state index contributed by atoms with van der Waals surface area (Å²) in [6.07, 6.45) is 4.42. The van der Waals surface area contributed by atoms with E-state index in [4.69, 9.17) is 18.9 Å². The van der Waals surface area contributed by atoms with E-state index in [1.54, 1.807) is 36.4 Å². The molecule has 0 fully saturated rings. The Balaban J connectivity index is 1.19. The summed E-state index contributed by atoms with van der Waals surface area (Å²) in [6, 6.07) is 27.5. The summed E-state index contributed by atoms with van der Waals surface area (Å²) in [5.41, 5.74) is 3.47. The molecule has 4 aromatic rings. The molecule has 0 aliphatic heterocycles. The highest BCUT2D eigenvalue weighted by Crippen LogP contribution is 2.34. The van der Waals surface area contributed by atoms with Gasteiger partial charge in [-0.2, -0.15) is 10.2 Å². The Labute approximate surface area is 296 Å². The first kappa shape index (κ1) is 37.8. The Bertz CT molecular complexity index is 1720. The van der Waals surface area contributed by atoms with Crippen molar-refractivity contribution in [1.82, 2.24) is 0 Å². The van der Waals surface area contributed by atoms with Gasteiger partial charge in [0.2, 0.25) is 0 Å². The zero-order valence-electron chi connectivity index (χ0n) is 30.5. The van der Waals surface area contributed by atoms with Crippen LogP contribution < -0.4 is 14.2 Å². The maximum Gasteiger partial charge on any atom is 0.343 e. The van der Waals surface area contributed by atoms with Crippen molar-refractivity contribution in [3.05, 3.63) is 108 Å². The van der Waals surface area contributed by atoms with Gasteiger partial charge in [0.1, 0.15) is 23.0 Å². The molecule has 0 aromatic heterocycles. The zero-order valence-corrected chi connectivity index (χ0v) is 30.5. The Morgan fingerprint density at radius 3 is 1.90 bits per heavy atom.